The number of nitrogens with zero attached hydrogens (tertiary/aromatic N) is 1. The Kier molecular flexibility index (Phi) is 4.77. The summed E-state index contributed by atoms with van der Waals surface area (Å²) in [6.07, 6.45) is 0. The van der Waals surface area contributed by atoms with Crippen LogP contribution in [0.5, 0.6) is 0 Å². The second kappa shape index (κ2) is 6.75. The van der Waals surface area contributed by atoms with Gasteiger partial charge in [-0.1, -0.05) is 48.5 Å². The van der Waals surface area contributed by atoms with E-state index in [9.17, 15) is 4.79 Å². The Labute approximate surface area is 120 Å². The smallest absolute Gasteiger partial charge is 0.242 e. The summed E-state index contributed by atoms with van der Waals surface area (Å²) in [5.41, 5.74) is 2.10. The third-order valence-electron chi connectivity index (χ3n) is 3.47. The Hall–Kier alpha value is -2.29. The SMILES string of the molecule is CC(c1ccccc1)N(C)C(=O)CNc1ccccc1. The topological polar surface area (TPSA) is 32.3 Å². The van der Waals surface area contributed by atoms with Gasteiger partial charge in [0.2, 0.25) is 5.91 Å². The number of para-hydroxylation sites is 1. The second-order valence-corrected chi connectivity index (χ2v) is 4.81. The zero-order valence-electron chi connectivity index (χ0n) is 11.9. The van der Waals surface area contributed by atoms with E-state index in [0.29, 0.717) is 6.54 Å². The first kappa shape index (κ1) is 14.1. The number of hydrogen-bond acceptors (Lipinski definition) is 2. The fourth-order valence-electron chi connectivity index (χ4n) is 2.03. The van der Waals surface area contributed by atoms with Gasteiger partial charge in [0.25, 0.3) is 0 Å². The Morgan fingerprint density at radius 2 is 1.60 bits per heavy atom. The van der Waals surface area contributed by atoms with Crippen molar-refractivity contribution in [3.05, 3.63) is 66.2 Å². The van der Waals surface area contributed by atoms with E-state index in [0.717, 1.165) is 11.3 Å². The molecule has 0 aliphatic heterocycles. The maximum Gasteiger partial charge on any atom is 0.242 e. The molecule has 3 nitrogen and oxygen atoms in total. The molecule has 0 saturated heterocycles. The number of anilines is 1. The molecule has 104 valence electrons. The molecule has 0 radical (unpaired) electrons. The van der Waals surface area contributed by atoms with Gasteiger partial charge in [0.1, 0.15) is 0 Å². The van der Waals surface area contributed by atoms with Crippen LogP contribution in [-0.4, -0.2) is 24.4 Å². The Bertz CT molecular complexity index is 539. The molecule has 0 aliphatic carbocycles. The van der Waals surface area contributed by atoms with Crippen molar-refractivity contribution in [1.82, 2.24) is 4.90 Å². The normalized spacial score (nSPS) is 11.7. The highest BCUT2D eigenvalue weighted by atomic mass is 16.2. The lowest BCUT2D eigenvalue weighted by Gasteiger charge is -2.25. The summed E-state index contributed by atoms with van der Waals surface area (Å²) in [6, 6.07) is 19.9. The minimum absolute atomic E-state index is 0.0706. The van der Waals surface area contributed by atoms with Gasteiger partial charge in [-0.25, -0.2) is 0 Å². The molecule has 20 heavy (non-hydrogen) atoms. The lowest BCUT2D eigenvalue weighted by molar-refractivity contribution is -0.129. The van der Waals surface area contributed by atoms with Crippen molar-refractivity contribution in [1.29, 1.82) is 0 Å². The van der Waals surface area contributed by atoms with Crippen molar-refractivity contribution < 1.29 is 4.79 Å². The first-order valence-corrected chi connectivity index (χ1v) is 6.78. The van der Waals surface area contributed by atoms with Crippen molar-refractivity contribution in [3.63, 3.8) is 0 Å². The van der Waals surface area contributed by atoms with Crippen LogP contribution in [-0.2, 0) is 4.79 Å². The summed E-state index contributed by atoms with van der Waals surface area (Å²) in [4.78, 5) is 14.0. The molecule has 0 saturated carbocycles. The van der Waals surface area contributed by atoms with Crippen LogP contribution in [0.4, 0.5) is 5.69 Å². The molecule has 0 aromatic heterocycles. The highest BCUT2D eigenvalue weighted by Gasteiger charge is 2.16. The van der Waals surface area contributed by atoms with Gasteiger partial charge in [-0.2, -0.15) is 0 Å². The Morgan fingerprint density at radius 3 is 2.20 bits per heavy atom. The summed E-state index contributed by atoms with van der Waals surface area (Å²) < 4.78 is 0. The predicted molar refractivity (Wildman–Crippen MR) is 82.6 cm³/mol. The third kappa shape index (κ3) is 3.60. The fraction of sp³-hybridized carbons (Fsp3) is 0.235. The summed E-state index contributed by atoms with van der Waals surface area (Å²) >= 11 is 0. The van der Waals surface area contributed by atoms with Gasteiger partial charge < -0.3 is 10.2 Å². The van der Waals surface area contributed by atoms with E-state index in [1.165, 1.54) is 0 Å². The van der Waals surface area contributed by atoms with E-state index in [2.05, 4.69) is 5.32 Å². The van der Waals surface area contributed by atoms with Gasteiger partial charge in [0, 0.05) is 12.7 Å². The van der Waals surface area contributed by atoms with Crippen LogP contribution >= 0.6 is 0 Å². The molecule has 1 unspecified atom stereocenters. The zero-order valence-corrected chi connectivity index (χ0v) is 11.9. The molecule has 0 aliphatic rings. The average molecular weight is 268 g/mol. The fourth-order valence-corrected chi connectivity index (χ4v) is 2.03. The number of nitrogens with one attached hydrogen (secondary N) is 1. The number of carbonyl (C=O) groups excluding carboxylic acids is 1. The molecular formula is C17H20N2O. The largest absolute Gasteiger partial charge is 0.376 e. The quantitative estimate of drug-likeness (QED) is 0.902. The number of likely N-dealkylation sites (N-methyl/N-ethyl adjacent to an activating group) is 1. The zero-order chi connectivity index (χ0) is 14.4. The number of benzene rings is 2. The van der Waals surface area contributed by atoms with Gasteiger partial charge in [-0.3, -0.25) is 4.79 Å². The number of rotatable bonds is 5. The highest BCUT2D eigenvalue weighted by molar-refractivity contribution is 5.81. The van der Waals surface area contributed by atoms with E-state index in [1.807, 2.05) is 74.6 Å². The van der Waals surface area contributed by atoms with Crippen molar-refractivity contribution in [2.24, 2.45) is 0 Å². The van der Waals surface area contributed by atoms with E-state index in [-0.39, 0.29) is 11.9 Å². The van der Waals surface area contributed by atoms with E-state index >= 15 is 0 Å². The number of carbonyl (C=O) groups is 1. The minimum Gasteiger partial charge on any atom is -0.376 e. The Morgan fingerprint density at radius 1 is 1.05 bits per heavy atom. The van der Waals surface area contributed by atoms with Gasteiger partial charge in [-0.15, -0.1) is 0 Å². The van der Waals surface area contributed by atoms with E-state index in [4.69, 9.17) is 0 Å². The average Bonchev–Trinajstić information content (AvgIpc) is 2.53. The molecule has 0 spiro atoms. The van der Waals surface area contributed by atoms with Crippen LogP contribution in [0, 0.1) is 0 Å². The predicted octanol–water partition coefficient (Wildman–Crippen LogP) is 3.32. The third-order valence-corrected chi connectivity index (χ3v) is 3.47. The minimum atomic E-state index is 0.0706. The molecule has 2 aromatic carbocycles. The van der Waals surface area contributed by atoms with Crippen LogP contribution in [0.15, 0.2) is 60.7 Å². The monoisotopic (exact) mass is 268 g/mol. The van der Waals surface area contributed by atoms with Crippen LogP contribution in [0.25, 0.3) is 0 Å². The summed E-state index contributed by atoms with van der Waals surface area (Å²) in [7, 11) is 1.84. The van der Waals surface area contributed by atoms with Crippen LogP contribution < -0.4 is 5.32 Å². The maximum atomic E-state index is 12.2. The lowest BCUT2D eigenvalue weighted by Crippen LogP contribution is -2.34. The van der Waals surface area contributed by atoms with Gasteiger partial charge in [0.15, 0.2) is 0 Å². The van der Waals surface area contributed by atoms with E-state index < -0.39 is 0 Å². The number of hydrogen-bond donors (Lipinski definition) is 1. The first-order chi connectivity index (χ1) is 9.68. The molecule has 0 heterocycles. The molecule has 2 aromatic rings. The summed E-state index contributed by atoms with van der Waals surface area (Å²) in [5.74, 6) is 0.0743. The molecular weight excluding hydrogens is 248 g/mol. The first-order valence-electron chi connectivity index (χ1n) is 6.78. The molecule has 3 heteroatoms. The van der Waals surface area contributed by atoms with Crippen molar-refractivity contribution in [2.45, 2.75) is 13.0 Å². The second-order valence-electron chi connectivity index (χ2n) is 4.81. The van der Waals surface area contributed by atoms with Crippen LogP contribution in [0.3, 0.4) is 0 Å². The molecule has 1 amide bonds. The van der Waals surface area contributed by atoms with Gasteiger partial charge >= 0.3 is 0 Å². The molecule has 0 fully saturated rings. The molecule has 1 N–H and O–H groups in total. The van der Waals surface area contributed by atoms with Crippen molar-refractivity contribution >= 4 is 11.6 Å². The van der Waals surface area contributed by atoms with Crippen LogP contribution in [0.1, 0.15) is 18.5 Å². The number of amides is 1. The summed E-state index contributed by atoms with van der Waals surface area (Å²) in [6.45, 7) is 2.34. The summed E-state index contributed by atoms with van der Waals surface area (Å²) in [5, 5.41) is 3.14. The standard InChI is InChI=1S/C17H20N2O/c1-14(15-9-5-3-6-10-15)19(2)17(20)13-18-16-11-7-4-8-12-16/h3-12,14,18H,13H2,1-2H3. The highest BCUT2D eigenvalue weighted by Crippen LogP contribution is 2.18. The van der Waals surface area contributed by atoms with Gasteiger partial charge in [-0.05, 0) is 24.6 Å². The van der Waals surface area contributed by atoms with Crippen molar-refractivity contribution in [3.8, 4) is 0 Å². The van der Waals surface area contributed by atoms with E-state index in [1.54, 1.807) is 4.90 Å². The maximum absolute atomic E-state index is 12.2. The molecule has 2 rings (SSSR count). The Balaban J connectivity index is 1.92. The molecule has 1 atom stereocenters. The molecule has 0 bridgehead atoms. The van der Waals surface area contributed by atoms with Gasteiger partial charge in [0.05, 0.1) is 12.6 Å². The van der Waals surface area contributed by atoms with Crippen molar-refractivity contribution in [2.75, 3.05) is 18.9 Å². The lowest BCUT2D eigenvalue weighted by atomic mass is 10.1. The van der Waals surface area contributed by atoms with Crippen LogP contribution in [0.2, 0.25) is 0 Å².